The zero-order valence-corrected chi connectivity index (χ0v) is 18.2. The predicted octanol–water partition coefficient (Wildman–Crippen LogP) is 2.49. The molecule has 2 amide bonds. The van der Waals surface area contributed by atoms with Crippen molar-refractivity contribution < 1.29 is 19.2 Å². The van der Waals surface area contributed by atoms with Gasteiger partial charge in [0.05, 0.1) is 13.7 Å². The first-order chi connectivity index (χ1) is 13.7. The maximum absolute atomic E-state index is 12.8. The molecule has 2 rings (SSSR count). The largest absolute Gasteiger partial charge is 0.497 e. The van der Waals surface area contributed by atoms with Crippen molar-refractivity contribution in [1.29, 1.82) is 0 Å². The molecule has 2 aromatic carbocycles. The monoisotopic (exact) mass is 398 g/mol. The SMILES string of the molecule is CC[NH+](CC(=O)Nc1ccc(OC)cc1)[C@H](C)C(=O)Nc1c(C)cc(C)cc1C. The molecule has 6 nitrogen and oxygen atoms in total. The number of hydrogen-bond donors (Lipinski definition) is 3. The van der Waals surface area contributed by atoms with Crippen molar-refractivity contribution in [3.8, 4) is 5.75 Å². The van der Waals surface area contributed by atoms with Gasteiger partial charge in [0, 0.05) is 11.4 Å². The molecular formula is C23H32N3O3+. The van der Waals surface area contributed by atoms with Crippen molar-refractivity contribution in [3.63, 3.8) is 0 Å². The van der Waals surface area contributed by atoms with E-state index in [1.165, 1.54) is 5.56 Å². The molecule has 0 heterocycles. The molecule has 0 aromatic heterocycles. The number of likely N-dealkylation sites (N-methyl/N-ethyl adjacent to an activating group) is 1. The Labute approximate surface area is 173 Å². The van der Waals surface area contributed by atoms with Gasteiger partial charge >= 0.3 is 0 Å². The van der Waals surface area contributed by atoms with Crippen LogP contribution in [-0.4, -0.2) is 38.1 Å². The Bertz CT molecular complexity index is 839. The number of carbonyl (C=O) groups excluding carboxylic acids is 2. The first-order valence-electron chi connectivity index (χ1n) is 9.92. The third-order valence-electron chi connectivity index (χ3n) is 5.15. The van der Waals surface area contributed by atoms with E-state index in [0.717, 1.165) is 27.5 Å². The number of ether oxygens (including phenoxy) is 1. The Balaban J connectivity index is 2.00. The summed E-state index contributed by atoms with van der Waals surface area (Å²) in [7, 11) is 1.60. The van der Waals surface area contributed by atoms with Crippen LogP contribution >= 0.6 is 0 Å². The van der Waals surface area contributed by atoms with Gasteiger partial charge in [0.1, 0.15) is 5.75 Å². The molecule has 0 spiro atoms. The minimum absolute atomic E-state index is 0.0887. The third kappa shape index (κ3) is 6.06. The van der Waals surface area contributed by atoms with Gasteiger partial charge in [0.25, 0.3) is 11.8 Å². The first-order valence-corrected chi connectivity index (χ1v) is 9.92. The molecule has 2 atom stereocenters. The van der Waals surface area contributed by atoms with E-state index in [1.807, 2.05) is 34.6 Å². The number of nitrogens with one attached hydrogen (secondary N) is 3. The van der Waals surface area contributed by atoms with Crippen molar-refractivity contribution in [3.05, 3.63) is 53.1 Å². The van der Waals surface area contributed by atoms with Gasteiger partial charge in [-0.25, -0.2) is 0 Å². The van der Waals surface area contributed by atoms with Crippen molar-refractivity contribution in [1.82, 2.24) is 0 Å². The normalized spacial score (nSPS) is 12.8. The molecule has 0 saturated carbocycles. The van der Waals surface area contributed by atoms with Crippen LogP contribution in [0.25, 0.3) is 0 Å². The third-order valence-corrected chi connectivity index (χ3v) is 5.15. The smallest absolute Gasteiger partial charge is 0.282 e. The van der Waals surface area contributed by atoms with E-state index in [1.54, 1.807) is 31.4 Å². The number of aryl methyl sites for hydroxylation is 3. The molecular weight excluding hydrogens is 366 g/mol. The maximum atomic E-state index is 12.8. The fourth-order valence-corrected chi connectivity index (χ4v) is 3.46. The summed E-state index contributed by atoms with van der Waals surface area (Å²) in [5.74, 6) is 0.513. The molecule has 0 aliphatic heterocycles. The summed E-state index contributed by atoms with van der Waals surface area (Å²) in [6.07, 6.45) is 0. The number of anilines is 2. The lowest BCUT2D eigenvalue weighted by molar-refractivity contribution is -0.904. The van der Waals surface area contributed by atoms with Crippen LogP contribution in [-0.2, 0) is 9.59 Å². The number of carbonyl (C=O) groups is 2. The second-order valence-corrected chi connectivity index (χ2v) is 7.45. The van der Waals surface area contributed by atoms with Crippen LogP contribution in [0, 0.1) is 20.8 Å². The number of methoxy groups -OCH3 is 1. The Kier molecular flexibility index (Phi) is 7.79. The van der Waals surface area contributed by atoms with Gasteiger partial charge in [-0.2, -0.15) is 0 Å². The summed E-state index contributed by atoms with van der Waals surface area (Å²) in [6.45, 7) is 10.7. The van der Waals surface area contributed by atoms with Gasteiger partial charge in [0.15, 0.2) is 12.6 Å². The highest BCUT2D eigenvalue weighted by Gasteiger charge is 2.26. The van der Waals surface area contributed by atoms with E-state index in [0.29, 0.717) is 12.2 Å². The molecule has 0 aliphatic rings. The van der Waals surface area contributed by atoms with Crippen molar-refractivity contribution in [2.45, 2.75) is 40.7 Å². The molecule has 0 aliphatic carbocycles. The molecule has 1 unspecified atom stereocenters. The minimum atomic E-state index is -0.360. The van der Waals surface area contributed by atoms with E-state index in [4.69, 9.17) is 4.74 Å². The molecule has 0 fully saturated rings. The quantitative estimate of drug-likeness (QED) is 0.640. The van der Waals surface area contributed by atoms with Gasteiger partial charge in [-0.05, 0) is 70.0 Å². The zero-order valence-electron chi connectivity index (χ0n) is 18.2. The Morgan fingerprint density at radius 1 is 1.03 bits per heavy atom. The summed E-state index contributed by atoms with van der Waals surface area (Å²) in [6, 6.07) is 10.9. The van der Waals surface area contributed by atoms with Crippen molar-refractivity contribution >= 4 is 23.2 Å². The van der Waals surface area contributed by atoms with Gasteiger partial charge < -0.3 is 20.3 Å². The van der Waals surface area contributed by atoms with Crippen molar-refractivity contribution in [2.75, 3.05) is 30.8 Å². The lowest BCUT2D eigenvalue weighted by atomic mass is 10.0. The Hall–Kier alpha value is -2.86. The standard InChI is InChI=1S/C23H31N3O3/c1-7-26(14-21(27)24-19-8-10-20(29-6)11-9-19)18(5)23(28)25-22-16(3)12-15(2)13-17(22)4/h8-13,18H,7,14H2,1-6H3,(H,24,27)(H,25,28)/p+1/t18-/m1/s1. The van der Waals surface area contributed by atoms with E-state index in [2.05, 4.69) is 22.8 Å². The zero-order chi connectivity index (χ0) is 21.6. The molecule has 0 saturated heterocycles. The highest BCUT2D eigenvalue weighted by atomic mass is 16.5. The topological polar surface area (TPSA) is 71.9 Å². The average Bonchev–Trinajstić information content (AvgIpc) is 2.68. The van der Waals surface area contributed by atoms with Gasteiger partial charge in [-0.1, -0.05) is 17.7 Å². The number of quaternary nitrogens is 1. The fraction of sp³-hybridized carbons (Fsp3) is 0.391. The molecule has 0 bridgehead atoms. The lowest BCUT2D eigenvalue weighted by Gasteiger charge is -2.24. The number of hydrogen-bond acceptors (Lipinski definition) is 3. The molecule has 6 heteroatoms. The van der Waals surface area contributed by atoms with E-state index in [-0.39, 0.29) is 24.4 Å². The predicted molar refractivity (Wildman–Crippen MR) is 117 cm³/mol. The van der Waals surface area contributed by atoms with Crippen LogP contribution in [0.2, 0.25) is 0 Å². The Morgan fingerprint density at radius 3 is 2.14 bits per heavy atom. The second-order valence-electron chi connectivity index (χ2n) is 7.45. The van der Waals surface area contributed by atoms with Crippen LogP contribution in [0.1, 0.15) is 30.5 Å². The van der Waals surface area contributed by atoms with E-state index < -0.39 is 0 Å². The van der Waals surface area contributed by atoms with E-state index in [9.17, 15) is 9.59 Å². The molecule has 3 N–H and O–H groups in total. The summed E-state index contributed by atoms with van der Waals surface area (Å²) in [5.41, 5.74) is 4.80. The highest BCUT2D eigenvalue weighted by molar-refractivity contribution is 5.95. The number of benzene rings is 2. The first kappa shape index (κ1) is 22.4. The molecule has 29 heavy (non-hydrogen) atoms. The average molecular weight is 399 g/mol. The summed E-state index contributed by atoms with van der Waals surface area (Å²) < 4.78 is 5.12. The second kappa shape index (κ2) is 10.1. The Morgan fingerprint density at radius 2 is 1.62 bits per heavy atom. The molecule has 156 valence electrons. The van der Waals surface area contributed by atoms with Gasteiger partial charge in [-0.3, -0.25) is 9.59 Å². The number of amides is 2. The molecule has 2 aromatic rings. The van der Waals surface area contributed by atoms with Gasteiger partial charge in [-0.15, -0.1) is 0 Å². The van der Waals surface area contributed by atoms with Crippen LogP contribution < -0.4 is 20.3 Å². The maximum Gasteiger partial charge on any atom is 0.282 e. The van der Waals surface area contributed by atoms with Gasteiger partial charge in [0.2, 0.25) is 0 Å². The van der Waals surface area contributed by atoms with Crippen LogP contribution in [0.4, 0.5) is 11.4 Å². The van der Waals surface area contributed by atoms with Crippen LogP contribution in [0.15, 0.2) is 36.4 Å². The summed E-state index contributed by atoms with van der Waals surface area (Å²) in [4.78, 5) is 26.2. The molecule has 0 radical (unpaired) electrons. The van der Waals surface area contributed by atoms with E-state index >= 15 is 0 Å². The number of rotatable bonds is 8. The summed E-state index contributed by atoms with van der Waals surface area (Å²) >= 11 is 0. The van der Waals surface area contributed by atoms with Crippen molar-refractivity contribution in [2.24, 2.45) is 0 Å². The fourth-order valence-electron chi connectivity index (χ4n) is 3.46. The minimum Gasteiger partial charge on any atom is -0.497 e. The van der Waals surface area contributed by atoms with Crippen LogP contribution in [0.3, 0.4) is 0 Å². The van der Waals surface area contributed by atoms with Crippen LogP contribution in [0.5, 0.6) is 5.75 Å². The lowest BCUT2D eigenvalue weighted by Crippen LogP contribution is -3.17. The highest BCUT2D eigenvalue weighted by Crippen LogP contribution is 2.22. The summed E-state index contributed by atoms with van der Waals surface area (Å²) in [5, 5.41) is 5.93.